The zero-order valence-electron chi connectivity index (χ0n) is 24.4. The van der Waals surface area contributed by atoms with Crippen molar-refractivity contribution in [2.75, 3.05) is 0 Å². The van der Waals surface area contributed by atoms with Crippen LogP contribution < -0.4 is 0 Å². The standard InChI is InChI=1S/C32H48O6/c1-8-19(33)17-25(34)37-24-18-23-29(4)15-10-14-28(3,9-2)21(29)13-16-30(23,5)22-12-11-20-26(31(22,24)6)27(35)38-32(20,7)36/h11-12,19,21-24,33,36H,8-10,13-18H2,1-7H3/t19?,21-,22-,23+,24-,28-,29-,30-,31+,32-/m0/s1. The van der Waals surface area contributed by atoms with Gasteiger partial charge in [0.1, 0.15) is 6.10 Å². The summed E-state index contributed by atoms with van der Waals surface area (Å²) >= 11 is 0. The quantitative estimate of drug-likeness (QED) is 0.435. The van der Waals surface area contributed by atoms with E-state index in [9.17, 15) is 19.8 Å². The highest BCUT2D eigenvalue weighted by molar-refractivity contribution is 5.96. The fourth-order valence-electron chi connectivity index (χ4n) is 10.2. The van der Waals surface area contributed by atoms with E-state index in [-0.39, 0.29) is 23.2 Å². The number of allylic oxidation sites excluding steroid dienone is 1. The molecule has 5 aliphatic rings. The second-order valence-electron chi connectivity index (χ2n) is 14.3. The van der Waals surface area contributed by atoms with E-state index < -0.39 is 35.3 Å². The number of carbonyl (C=O) groups is 2. The second-order valence-corrected chi connectivity index (χ2v) is 14.3. The zero-order chi connectivity index (χ0) is 27.9. The Labute approximate surface area is 228 Å². The third-order valence-electron chi connectivity index (χ3n) is 12.4. The molecular weight excluding hydrogens is 480 g/mol. The van der Waals surface area contributed by atoms with E-state index in [1.165, 1.54) is 32.6 Å². The molecule has 0 saturated heterocycles. The molecule has 3 fully saturated rings. The monoisotopic (exact) mass is 528 g/mol. The maximum Gasteiger partial charge on any atom is 0.338 e. The van der Waals surface area contributed by atoms with E-state index in [0.717, 1.165) is 12.8 Å². The van der Waals surface area contributed by atoms with Gasteiger partial charge in [-0.3, -0.25) is 4.79 Å². The normalized spacial score (nSPS) is 48.4. The van der Waals surface area contributed by atoms with Gasteiger partial charge in [-0.15, -0.1) is 0 Å². The lowest BCUT2D eigenvalue weighted by atomic mass is 9.35. The Morgan fingerprint density at radius 1 is 1.11 bits per heavy atom. The summed E-state index contributed by atoms with van der Waals surface area (Å²) in [6.45, 7) is 15.1. The van der Waals surface area contributed by atoms with E-state index in [1.807, 2.05) is 19.9 Å². The predicted molar refractivity (Wildman–Crippen MR) is 145 cm³/mol. The van der Waals surface area contributed by atoms with Crippen molar-refractivity contribution in [2.24, 2.45) is 39.4 Å². The molecule has 2 N–H and O–H groups in total. The summed E-state index contributed by atoms with van der Waals surface area (Å²) in [5.41, 5.74) is 0.424. The van der Waals surface area contributed by atoms with E-state index in [4.69, 9.17) is 9.47 Å². The summed E-state index contributed by atoms with van der Waals surface area (Å²) in [7, 11) is 0. The molecule has 4 aliphatic carbocycles. The Bertz CT molecular complexity index is 1070. The number of hydrogen-bond acceptors (Lipinski definition) is 6. The molecule has 5 rings (SSSR count). The van der Waals surface area contributed by atoms with Crippen LogP contribution in [0.3, 0.4) is 0 Å². The van der Waals surface area contributed by atoms with Crippen LogP contribution in [0, 0.1) is 39.4 Å². The van der Waals surface area contributed by atoms with Gasteiger partial charge in [-0.1, -0.05) is 66.5 Å². The number of aliphatic hydroxyl groups is 2. The topological polar surface area (TPSA) is 93.1 Å². The molecule has 0 bridgehead atoms. The van der Waals surface area contributed by atoms with Gasteiger partial charge in [0.15, 0.2) is 0 Å². The molecular formula is C32H48O6. The molecule has 0 aromatic carbocycles. The number of ether oxygens (including phenoxy) is 2. The van der Waals surface area contributed by atoms with Crippen LogP contribution in [0.1, 0.15) is 106 Å². The van der Waals surface area contributed by atoms with Crippen molar-refractivity contribution in [3.05, 3.63) is 23.3 Å². The number of fused-ring (bicyclic) bond motifs is 6. The smallest absolute Gasteiger partial charge is 0.338 e. The van der Waals surface area contributed by atoms with Crippen LogP contribution in [0.15, 0.2) is 23.3 Å². The zero-order valence-corrected chi connectivity index (χ0v) is 24.4. The molecule has 3 saturated carbocycles. The van der Waals surface area contributed by atoms with Crippen molar-refractivity contribution in [1.29, 1.82) is 0 Å². The molecule has 0 aromatic rings. The van der Waals surface area contributed by atoms with Crippen LogP contribution in [0.2, 0.25) is 0 Å². The van der Waals surface area contributed by atoms with E-state index >= 15 is 0 Å². The van der Waals surface area contributed by atoms with Gasteiger partial charge in [0, 0.05) is 17.9 Å². The summed E-state index contributed by atoms with van der Waals surface area (Å²) in [6.07, 6.45) is 10.9. The molecule has 38 heavy (non-hydrogen) atoms. The SMILES string of the molecule is CCC(O)CC(=O)O[C@H]1C[C@@H]2[C@@]3(C)CCC[C@](C)(CC)[C@@H]3CC[C@@]2(C)[C@@H]2C=CC3=C(C(=O)O[C@]3(C)O)[C@@]12C. The third-order valence-corrected chi connectivity index (χ3v) is 12.4. The minimum absolute atomic E-state index is 0.0459. The molecule has 0 aromatic heterocycles. The van der Waals surface area contributed by atoms with E-state index in [1.54, 1.807) is 0 Å². The van der Waals surface area contributed by atoms with Crippen molar-refractivity contribution in [1.82, 2.24) is 0 Å². The Morgan fingerprint density at radius 3 is 2.47 bits per heavy atom. The predicted octanol–water partition coefficient (Wildman–Crippen LogP) is 5.86. The number of rotatable bonds is 5. The fourth-order valence-corrected chi connectivity index (χ4v) is 10.2. The first-order valence-electron chi connectivity index (χ1n) is 14.9. The van der Waals surface area contributed by atoms with Gasteiger partial charge in [-0.2, -0.15) is 0 Å². The number of carbonyl (C=O) groups excluding carboxylic acids is 2. The van der Waals surface area contributed by atoms with Crippen LogP contribution in [-0.2, 0) is 19.1 Å². The van der Waals surface area contributed by atoms with Crippen molar-refractivity contribution in [2.45, 2.75) is 124 Å². The molecule has 0 amide bonds. The average molecular weight is 529 g/mol. The number of cyclic esters (lactones) is 1. The summed E-state index contributed by atoms with van der Waals surface area (Å²) < 4.78 is 11.8. The molecule has 6 heteroatoms. The van der Waals surface area contributed by atoms with Crippen LogP contribution in [-0.4, -0.2) is 40.1 Å². The summed E-state index contributed by atoms with van der Waals surface area (Å²) in [4.78, 5) is 26.5. The minimum Gasteiger partial charge on any atom is -0.461 e. The Morgan fingerprint density at radius 2 is 1.82 bits per heavy atom. The second kappa shape index (κ2) is 8.92. The van der Waals surface area contributed by atoms with Crippen molar-refractivity contribution >= 4 is 11.9 Å². The number of hydrogen-bond donors (Lipinski definition) is 2. The Kier molecular flexibility index (Phi) is 6.55. The van der Waals surface area contributed by atoms with Crippen molar-refractivity contribution < 1.29 is 29.3 Å². The van der Waals surface area contributed by atoms with Crippen LogP contribution in [0.25, 0.3) is 0 Å². The summed E-state index contributed by atoms with van der Waals surface area (Å²) in [6, 6.07) is 0. The van der Waals surface area contributed by atoms with Crippen LogP contribution in [0.4, 0.5) is 0 Å². The maximum absolute atomic E-state index is 13.4. The summed E-state index contributed by atoms with van der Waals surface area (Å²) in [5, 5.41) is 21.2. The molecule has 0 spiro atoms. The third kappa shape index (κ3) is 3.72. The first-order valence-corrected chi connectivity index (χ1v) is 14.9. The first-order chi connectivity index (χ1) is 17.7. The van der Waals surface area contributed by atoms with Gasteiger partial charge in [-0.05, 0) is 72.5 Å². The van der Waals surface area contributed by atoms with Gasteiger partial charge in [0.05, 0.1) is 18.1 Å². The number of esters is 2. The van der Waals surface area contributed by atoms with Crippen LogP contribution in [0.5, 0.6) is 0 Å². The van der Waals surface area contributed by atoms with Gasteiger partial charge < -0.3 is 19.7 Å². The Hall–Kier alpha value is -1.66. The molecule has 1 heterocycles. The minimum atomic E-state index is -1.70. The lowest BCUT2D eigenvalue weighted by Crippen LogP contribution is -2.65. The average Bonchev–Trinajstić information content (AvgIpc) is 3.08. The van der Waals surface area contributed by atoms with Gasteiger partial charge >= 0.3 is 11.9 Å². The fraction of sp³-hybridized carbons (Fsp3) is 0.812. The van der Waals surface area contributed by atoms with Gasteiger partial charge in [0.2, 0.25) is 5.79 Å². The van der Waals surface area contributed by atoms with E-state index in [0.29, 0.717) is 41.2 Å². The largest absolute Gasteiger partial charge is 0.461 e. The number of aliphatic hydroxyl groups excluding tert-OH is 1. The lowest BCUT2D eigenvalue weighted by Gasteiger charge is -2.69. The highest BCUT2D eigenvalue weighted by Gasteiger charge is 2.70. The summed E-state index contributed by atoms with van der Waals surface area (Å²) in [5.74, 6) is -1.77. The van der Waals surface area contributed by atoms with Crippen molar-refractivity contribution in [3.8, 4) is 0 Å². The molecule has 10 atom stereocenters. The Balaban J connectivity index is 1.62. The molecule has 0 radical (unpaired) electrons. The lowest BCUT2D eigenvalue weighted by molar-refractivity contribution is -0.218. The van der Waals surface area contributed by atoms with Crippen LogP contribution >= 0.6 is 0 Å². The van der Waals surface area contributed by atoms with Gasteiger partial charge in [-0.25, -0.2) is 4.79 Å². The van der Waals surface area contributed by atoms with Gasteiger partial charge in [0.25, 0.3) is 0 Å². The van der Waals surface area contributed by atoms with Crippen molar-refractivity contribution in [3.63, 3.8) is 0 Å². The molecule has 1 aliphatic heterocycles. The molecule has 212 valence electrons. The maximum atomic E-state index is 13.4. The molecule has 6 nitrogen and oxygen atoms in total. The highest BCUT2D eigenvalue weighted by atomic mass is 16.7. The van der Waals surface area contributed by atoms with E-state index in [2.05, 4.69) is 33.8 Å². The molecule has 1 unspecified atom stereocenters. The highest BCUT2D eigenvalue weighted by Crippen LogP contribution is 2.73. The first kappa shape index (κ1) is 27.9.